The van der Waals surface area contributed by atoms with Crippen LogP contribution in [0.3, 0.4) is 0 Å². The van der Waals surface area contributed by atoms with E-state index in [4.69, 9.17) is 4.42 Å². The lowest BCUT2D eigenvalue weighted by molar-refractivity contribution is 0.315. The van der Waals surface area contributed by atoms with E-state index in [-0.39, 0.29) is 5.82 Å². The van der Waals surface area contributed by atoms with E-state index in [0.717, 1.165) is 35.3 Å². The minimum atomic E-state index is -0.241. The number of hydrogen-bond acceptors (Lipinski definition) is 5. The number of rotatable bonds is 5. The molecular formula is C26H25FN4O. The SMILES string of the molecule is CN(C)C1CCN(c2ccc(-c3nnc(-c4ccc(-c5ccc(F)cc5)cc4)o3)cc2)C1. The molecule has 5 rings (SSSR count). The number of nitrogens with zero attached hydrogens (tertiary/aromatic N) is 4. The summed E-state index contributed by atoms with van der Waals surface area (Å²) in [5, 5.41) is 8.46. The third-order valence-corrected chi connectivity index (χ3v) is 6.11. The molecule has 32 heavy (non-hydrogen) atoms. The predicted molar refractivity (Wildman–Crippen MR) is 125 cm³/mol. The number of hydrogen-bond donors (Lipinski definition) is 0. The molecule has 0 radical (unpaired) electrons. The van der Waals surface area contributed by atoms with E-state index in [1.165, 1.54) is 24.2 Å². The van der Waals surface area contributed by atoms with Gasteiger partial charge >= 0.3 is 0 Å². The maximum absolute atomic E-state index is 13.1. The van der Waals surface area contributed by atoms with Crippen LogP contribution in [0.5, 0.6) is 0 Å². The summed E-state index contributed by atoms with van der Waals surface area (Å²) in [5.41, 5.74) is 4.92. The summed E-state index contributed by atoms with van der Waals surface area (Å²) in [6, 6.07) is 23.2. The van der Waals surface area contributed by atoms with Gasteiger partial charge in [0.05, 0.1) is 0 Å². The Morgan fingerprint density at radius 2 is 1.28 bits per heavy atom. The molecule has 0 bridgehead atoms. The Balaban J connectivity index is 1.30. The summed E-state index contributed by atoms with van der Waals surface area (Å²) in [4.78, 5) is 4.71. The molecule has 162 valence electrons. The number of aromatic nitrogens is 2. The van der Waals surface area contributed by atoms with Crippen LogP contribution in [-0.2, 0) is 0 Å². The van der Waals surface area contributed by atoms with Crippen molar-refractivity contribution in [3.05, 3.63) is 78.6 Å². The molecule has 0 saturated carbocycles. The zero-order chi connectivity index (χ0) is 22.1. The monoisotopic (exact) mass is 428 g/mol. The molecule has 3 aromatic carbocycles. The van der Waals surface area contributed by atoms with Crippen molar-refractivity contribution in [2.24, 2.45) is 0 Å². The maximum atomic E-state index is 13.1. The highest BCUT2D eigenvalue weighted by molar-refractivity contribution is 5.68. The highest BCUT2D eigenvalue weighted by Gasteiger charge is 2.24. The second-order valence-corrected chi connectivity index (χ2v) is 8.40. The van der Waals surface area contributed by atoms with Crippen molar-refractivity contribution in [3.8, 4) is 34.0 Å². The summed E-state index contributed by atoms with van der Waals surface area (Å²) in [7, 11) is 4.28. The van der Waals surface area contributed by atoms with Gasteiger partial charge in [-0.15, -0.1) is 10.2 Å². The van der Waals surface area contributed by atoms with Crippen LogP contribution in [0.25, 0.3) is 34.0 Å². The van der Waals surface area contributed by atoms with Crippen LogP contribution in [0, 0.1) is 5.82 Å². The maximum Gasteiger partial charge on any atom is 0.248 e. The molecule has 6 heteroatoms. The molecule has 1 saturated heterocycles. The van der Waals surface area contributed by atoms with Gasteiger partial charge in [0.15, 0.2) is 0 Å². The lowest BCUT2D eigenvalue weighted by Crippen LogP contribution is -2.31. The second-order valence-electron chi connectivity index (χ2n) is 8.40. The Bertz CT molecular complexity index is 1180. The van der Waals surface area contributed by atoms with Gasteiger partial charge in [0.25, 0.3) is 0 Å². The van der Waals surface area contributed by atoms with Crippen LogP contribution in [0.4, 0.5) is 10.1 Å². The standard InChI is InChI=1S/C26H25FN4O/c1-30(2)24-15-16-31(17-24)23-13-9-21(10-14-23)26-29-28-25(32-26)20-5-3-18(4-6-20)19-7-11-22(27)12-8-19/h3-14,24H,15-17H2,1-2H3. The smallest absolute Gasteiger partial charge is 0.248 e. The van der Waals surface area contributed by atoms with Crippen LogP contribution >= 0.6 is 0 Å². The number of likely N-dealkylation sites (N-methyl/N-ethyl adjacent to an activating group) is 1. The molecule has 5 nitrogen and oxygen atoms in total. The summed E-state index contributed by atoms with van der Waals surface area (Å²) in [6.45, 7) is 2.12. The summed E-state index contributed by atoms with van der Waals surface area (Å²) < 4.78 is 19.1. The zero-order valence-electron chi connectivity index (χ0n) is 18.2. The van der Waals surface area contributed by atoms with E-state index in [9.17, 15) is 4.39 Å². The summed E-state index contributed by atoms with van der Waals surface area (Å²) in [6.07, 6.45) is 1.18. The van der Waals surface area contributed by atoms with Crippen molar-refractivity contribution in [1.82, 2.24) is 15.1 Å². The van der Waals surface area contributed by atoms with Gasteiger partial charge in [-0.2, -0.15) is 0 Å². The second kappa shape index (κ2) is 8.55. The van der Waals surface area contributed by atoms with E-state index in [1.807, 2.05) is 36.4 Å². The van der Waals surface area contributed by atoms with E-state index in [0.29, 0.717) is 17.8 Å². The van der Waals surface area contributed by atoms with Gasteiger partial charge < -0.3 is 14.2 Å². The van der Waals surface area contributed by atoms with Gasteiger partial charge in [-0.3, -0.25) is 0 Å². The van der Waals surface area contributed by atoms with Gasteiger partial charge in [0.2, 0.25) is 11.8 Å². The molecule has 1 aliphatic heterocycles. The van der Waals surface area contributed by atoms with Gasteiger partial charge in [-0.05, 0) is 80.2 Å². The molecule has 1 fully saturated rings. The average Bonchev–Trinajstić information content (AvgIpc) is 3.51. The van der Waals surface area contributed by atoms with Crippen molar-refractivity contribution in [3.63, 3.8) is 0 Å². The Morgan fingerprint density at radius 3 is 1.81 bits per heavy atom. The molecule has 1 unspecified atom stereocenters. The number of halogens is 1. The quantitative estimate of drug-likeness (QED) is 0.429. The molecular weight excluding hydrogens is 403 g/mol. The van der Waals surface area contributed by atoms with Gasteiger partial charge in [-0.1, -0.05) is 24.3 Å². The minimum absolute atomic E-state index is 0.241. The fourth-order valence-electron chi connectivity index (χ4n) is 4.12. The van der Waals surface area contributed by atoms with Crippen molar-refractivity contribution in [2.45, 2.75) is 12.5 Å². The van der Waals surface area contributed by atoms with E-state index in [2.05, 4.69) is 46.2 Å². The molecule has 2 heterocycles. The van der Waals surface area contributed by atoms with Crippen LogP contribution < -0.4 is 4.90 Å². The Morgan fingerprint density at radius 1 is 0.781 bits per heavy atom. The fraction of sp³-hybridized carbons (Fsp3) is 0.231. The highest BCUT2D eigenvalue weighted by Crippen LogP contribution is 2.29. The molecule has 4 aromatic rings. The van der Waals surface area contributed by atoms with Crippen molar-refractivity contribution in [1.29, 1.82) is 0 Å². The first-order valence-corrected chi connectivity index (χ1v) is 10.8. The van der Waals surface area contributed by atoms with Gasteiger partial charge in [0.1, 0.15) is 5.82 Å². The molecule has 1 atom stereocenters. The zero-order valence-corrected chi connectivity index (χ0v) is 18.2. The van der Waals surface area contributed by atoms with Crippen LogP contribution in [0.15, 0.2) is 77.2 Å². The summed E-state index contributed by atoms with van der Waals surface area (Å²) >= 11 is 0. The summed E-state index contributed by atoms with van der Waals surface area (Å²) in [5.74, 6) is 0.736. The lowest BCUT2D eigenvalue weighted by atomic mass is 10.0. The largest absolute Gasteiger partial charge is 0.416 e. The number of anilines is 1. The van der Waals surface area contributed by atoms with E-state index in [1.54, 1.807) is 12.1 Å². The minimum Gasteiger partial charge on any atom is -0.416 e. The van der Waals surface area contributed by atoms with Crippen molar-refractivity contribution in [2.75, 3.05) is 32.1 Å². The molecule has 0 N–H and O–H groups in total. The van der Waals surface area contributed by atoms with Crippen LogP contribution in [-0.4, -0.2) is 48.3 Å². The topological polar surface area (TPSA) is 45.4 Å². The first-order chi connectivity index (χ1) is 15.6. The Hall–Kier alpha value is -3.51. The molecule has 0 aliphatic carbocycles. The average molecular weight is 429 g/mol. The molecule has 0 amide bonds. The third-order valence-electron chi connectivity index (χ3n) is 6.11. The predicted octanol–water partition coefficient (Wildman–Crippen LogP) is 5.35. The molecule has 1 aliphatic rings. The normalized spacial score (nSPS) is 16.1. The Kier molecular flexibility index (Phi) is 5.45. The highest BCUT2D eigenvalue weighted by atomic mass is 19.1. The molecule has 1 aromatic heterocycles. The van der Waals surface area contributed by atoms with Crippen LogP contribution in [0.1, 0.15) is 6.42 Å². The van der Waals surface area contributed by atoms with Gasteiger partial charge in [0, 0.05) is 35.9 Å². The molecule has 0 spiro atoms. The number of benzene rings is 3. The van der Waals surface area contributed by atoms with Crippen LogP contribution in [0.2, 0.25) is 0 Å². The van der Waals surface area contributed by atoms with Gasteiger partial charge in [-0.25, -0.2) is 4.39 Å². The van der Waals surface area contributed by atoms with E-state index >= 15 is 0 Å². The lowest BCUT2D eigenvalue weighted by Gasteiger charge is -2.21. The third kappa shape index (κ3) is 4.14. The van der Waals surface area contributed by atoms with Crippen molar-refractivity contribution >= 4 is 5.69 Å². The van der Waals surface area contributed by atoms with E-state index < -0.39 is 0 Å². The first kappa shape index (κ1) is 20.4. The Labute approximate surface area is 187 Å². The van der Waals surface area contributed by atoms with Crippen molar-refractivity contribution < 1.29 is 8.81 Å². The fourth-order valence-corrected chi connectivity index (χ4v) is 4.12. The first-order valence-electron chi connectivity index (χ1n) is 10.8.